The summed E-state index contributed by atoms with van der Waals surface area (Å²) in [5.41, 5.74) is 13.6. The van der Waals surface area contributed by atoms with Gasteiger partial charge >= 0.3 is 0 Å². The lowest BCUT2D eigenvalue weighted by molar-refractivity contribution is -0.437. The van der Waals surface area contributed by atoms with Crippen LogP contribution in [0.2, 0.25) is 0 Å². The molecule has 0 saturated heterocycles. The van der Waals surface area contributed by atoms with Crippen molar-refractivity contribution in [2.45, 2.75) is 84.5 Å². The highest BCUT2D eigenvalue weighted by Crippen LogP contribution is 2.48. The molecular weight excluding hydrogens is 678 g/mol. The van der Waals surface area contributed by atoms with E-state index < -0.39 is 0 Å². The van der Waals surface area contributed by atoms with Crippen LogP contribution in [0.5, 0.6) is 0 Å². The van der Waals surface area contributed by atoms with Crippen LogP contribution < -0.4 is 4.90 Å². The number of benzene rings is 3. The fraction of sp³-hybridized carbons (Fsp3) is 0.341. The van der Waals surface area contributed by atoms with Gasteiger partial charge in [-0.1, -0.05) is 110 Å². The predicted octanol–water partition coefficient (Wildman–Crippen LogP) is 11.2. The highest BCUT2D eigenvalue weighted by atomic mass is 79.9. The summed E-state index contributed by atoms with van der Waals surface area (Å²) in [7, 11) is 0. The van der Waals surface area contributed by atoms with Crippen LogP contribution in [0.3, 0.4) is 0 Å². The molecule has 3 aliphatic rings. The molecule has 7 rings (SSSR count). The molecule has 5 nitrogen and oxygen atoms in total. The Hall–Kier alpha value is -4.29. The van der Waals surface area contributed by atoms with Gasteiger partial charge in [-0.2, -0.15) is 4.58 Å². The van der Waals surface area contributed by atoms with Crippen LogP contribution in [-0.2, 0) is 10.8 Å². The van der Waals surface area contributed by atoms with E-state index in [9.17, 15) is 0 Å². The largest absolute Gasteiger partial charge is 0.344 e. The Morgan fingerprint density at radius 1 is 0.820 bits per heavy atom. The molecule has 4 aromatic rings. The zero-order valence-electron chi connectivity index (χ0n) is 30.4. The molecule has 6 heteroatoms. The minimum Gasteiger partial charge on any atom is -0.344 e. The number of aromatic nitrogens is 3. The van der Waals surface area contributed by atoms with Gasteiger partial charge in [0.25, 0.3) is 0 Å². The molecule has 1 aromatic heterocycles. The van der Waals surface area contributed by atoms with Crippen molar-refractivity contribution < 1.29 is 4.58 Å². The minimum atomic E-state index is -0.0887. The Labute approximate surface area is 306 Å². The molecule has 0 saturated carbocycles. The first kappa shape index (κ1) is 34.2. The fourth-order valence-corrected chi connectivity index (χ4v) is 8.49. The van der Waals surface area contributed by atoms with Crippen molar-refractivity contribution in [3.8, 4) is 11.3 Å². The van der Waals surface area contributed by atoms with Crippen molar-refractivity contribution in [1.82, 2.24) is 15.0 Å². The van der Waals surface area contributed by atoms with E-state index in [2.05, 4.69) is 175 Å². The molecule has 0 radical (unpaired) electrons. The van der Waals surface area contributed by atoms with E-state index in [1.807, 2.05) is 4.68 Å². The van der Waals surface area contributed by atoms with Gasteiger partial charge in [0, 0.05) is 57.5 Å². The second-order valence-corrected chi connectivity index (χ2v) is 15.7. The van der Waals surface area contributed by atoms with Crippen molar-refractivity contribution in [3.63, 3.8) is 0 Å². The van der Waals surface area contributed by atoms with Gasteiger partial charge in [0.1, 0.15) is 12.2 Å². The van der Waals surface area contributed by atoms with E-state index in [1.54, 1.807) is 0 Å². The number of hydrogen-bond acceptors (Lipinski definition) is 3. The van der Waals surface area contributed by atoms with Crippen molar-refractivity contribution >= 4 is 38.7 Å². The number of nitrogens with zero attached hydrogens (tertiary/aromatic N) is 5. The maximum Gasteiger partial charge on any atom is 0.209 e. The van der Waals surface area contributed by atoms with Crippen molar-refractivity contribution in [2.75, 3.05) is 18.0 Å². The average Bonchev–Trinajstić information content (AvgIpc) is 3.74. The van der Waals surface area contributed by atoms with E-state index in [1.165, 1.54) is 45.1 Å². The summed E-state index contributed by atoms with van der Waals surface area (Å²) in [6, 6.07) is 26.1. The van der Waals surface area contributed by atoms with Crippen LogP contribution in [0, 0.1) is 0 Å². The van der Waals surface area contributed by atoms with E-state index in [-0.39, 0.29) is 10.8 Å². The number of anilines is 1. The lowest BCUT2D eigenvalue weighted by atomic mass is 9.81. The van der Waals surface area contributed by atoms with E-state index >= 15 is 0 Å². The summed E-state index contributed by atoms with van der Waals surface area (Å²) in [6.07, 6.45) is 16.9. The van der Waals surface area contributed by atoms with Crippen LogP contribution in [-0.4, -0.2) is 38.4 Å². The molecule has 0 N–H and O–H groups in total. The Kier molecular flexibility index (Phi) is 9.42. The van der Waals surface area contributed by atoms with Gasteiger partial charge in [-0.3, -0.25) is 0 Å². The van der Waals surface area contributed by atoms with E-state index in [0.717, 1.165) is 66.6 Å². The van der Waals surface area contributed by atoms with Gasteiger partial charge in [0.05, 0.1) is 17.3 Å². The highest BCUT2D eigenvalue weighted by molar-refractivity contribution is 9.10. The van der Waals surface area contributed by atoms with Crippen molar-refractivity contribution in [1.29, 1.82) is 0 Å². The summed E-state index contributed by atoms with van der Waals surface area (Å²) in [5, 5.41) is 9.47. The SMILES string of the molecule is CCCN1/C(=C/C=C2\CCCC(/C=C/C3=[N+](CCC)c4ccccc4C3(C)C)=C2n2cc(-c3ccc(Br)cc3)nn2)C(C)(C)c2ccccc21. The summed E-state index contributed by atoms with van der Waals surface area (Å²) in [4.78, 5) is 2.53. The first-order chi connectivity index (χ1) is 24.1. The molecule has 0 amide bonds. The van der Waals surface area contributed by atoms with Crippen molar-refractivity contribution in [3.05, 3.63) is 136 Å². The third-order valence-corrected chi connectivity index (χ3v) is 11.3. The van der Waals surface area contributed by atoms with E-state index in [4.69, 9.17) is 5.21 Å². The van der Waals surface area contributed by atoms with Crippen LogP contribution in [0.25, 0.3) is 17.0 Å². The Morgan fingerprint density at radius 2 is 1.56 bits per heavy atom. The third kappa shape index (κ3) is 6.06. The number of allylic oxidation sites excluding steroid dienone is 8. The lowest BCUT2D eigenvalue weighted by Gasteiger charge is -2.27. The van der Waals surface area contributed by atoms with Gasteiger partial charge < -0.3 is 4.90 Å². The summed E-state index contributed by atoms with van der Waals surface area (Å²) in [6.45, 7) is 16.0. The molecule has 0 spiro atoms. The van der Waals surface area contributed by atoms with Gasteiger partial charge in [0.15, 0.2) is 5.71 Å². The van der Waals surface area contributed by atoms with Crippen molar-refractivity contribution in [2.24, 2.45) is 0 Å². The molecular formula is C44H49BrN5+. The zero-order chi connectivity index (χ0) is 35.0. The first-order valence-corrected chi connectivity index (χ1v) is 19.1. The minimum absolute atomic E-state index is 0.0887. The zero-order valence-corrected chi connectivity index (χ0v) is 32.0. The molecule has 2 aliphatic heterocycles. The van der Waals surface area contributed by atoms with Crippen LogP contribution >= 0.6 is 15.9 Å². The number of para-hydroxylation sites is 2. The Morgan fingerprint density at radius 3 is 2.32 bits per heavy atom. The maximum absolute atomic E-state index is 4.78. The van der Waals surface area contributed by atoms with E-state index in [0.29, 0.717) is 0 Å². The molecule has 0 bridgehead atoms. The third-order valence-electron chi connectivity index (χ3n) is 10.7. The average molecular weight is 728 g/mol. The Bertz CT molecular complexity index is 2070. The molecule has 0 unspecified atom stereocenters. The molecule has 3 heterocycles. The van der Waals surface area contributed by atoms with Gasteiger partial charge in [-0.15, -0.1) is 5.10 Å². The fourth-order valence-electron chi connectivity index (χ4n) is 8.23. The van der Waals surface area contributed by atoms with Gasteiger partial charge in [-0.05, 0) is 80.5 Å². The normalized spacial score (nSPS) is 19.7. The molecule has 50 heavy (non-hydrogen) atoms. The molecule has 0 fully saturated rings. The van der Waals surface area contributed by atoms with Gasteiger partial charge in [0.2, 0.25) is 5.69 Å². The monoisotopic (exact) mass is 726 g/mol. The van der Waals surface area contributed by atoms with Crippen LogP contribution in [0.4, 0.5) is 11.4 Å². The molecule has 0 atom stereocenters. The first-order valence-electron chi connectivity index (χ1n) is 18.3. The van der Waals surface area contributed by atoms with Crippen LogP contribution in [0.15, 0.2) is 125 Å². The lowest BCUT2D eigenvalue weighted by Crippen LogP contribution is -2.28. The van der Waals surface area contributed by atoms with Gasteiger partial charge in [-0.25, -0.2) is 4.68 Å². The standard InChI is InChI=1S/C44H49BrN5/c1-7-28-48-38-18-11-9-16-35(38)43(3,4)40(48)26-22-32-14-13-15-33(42(32)50-30-37(46-47-50)31-20-24-34(45)25-21-31)23-27-41-44(5,6)36-17-10-12-19-39(36)49(41)29-8-2/h9-12,16-27,30H,7-8,13-15,28-29H2,1-6H3/q+1. The quantitative estimate of drug-likeness (QED) is 0.161. The summed E-state index contributed by atoms with van der Waals surface area (Å²) >= 11 is 3.58. The predicted molar refractivity (Wildman–Crippen MR) is 212 cm³/mol. The maximum atomic E-state index is 4.78. The summed E-state index contributed by atoms with van der Waals surface area (Å²) < 4.78 is 5.61. The smallest absolute Gasteiger partial charge is 0.209 e. The number of rotatable bonds is 9. The number of fused-ring (bicyclic) bond motifs is 2. The second-order valence-electron chi connectivity index (χ2n) is 14.8. The molecule has 3 aromatic carbocycles. The topological polar surface area (TPSA) is 37.0 Å². The summed E-state index contributed by atoms with van der Waals surface area (Å²) in [5.74, 6) is 0. The molecule has 256 valence electrons. The highest BCUT2D eigenvalue weighted by Gasteiger charge is 2.44. The number of hydrogen-bond donors (Lipinski definition) is 0. The Balaban J connectivity index is 1.36. The second kappa shape index (κ2) is 13.8. The number of halogens is 1. The van der Waals surface area contributed by atoms with Crippen LogP contribution in [0.1, 0.15) is 84.8 Å². The molecule has 1 aliphatic carbocycles.